The van der Waals surface area contributed by atoms with Crippen LogP contribution >= 0.6 is 0 Å². The van der Waals surface area contributed by atoms with Crippen molar-refractivity contribution in [2.75, 3.05) is 13.2 Å². The highest BCUT2D eigenvalue weighted by molar-refractivity contribution is 5.94. The number of carbonyl (C=O) groups is 1. The van der Waals surface area contributed by atoms with Crippen LogP contribution in [0.5, 0.6) is 0 Å². The van der Waals surface area contributed by atoms with E-state index < -0.39 is 5.60 Å². The molecule has 0 unspecified atom stereocenters. The predicted octanol–water partition coefficient (Wildman–Crippen LogP) is 3.17. The second-order valence-electron chi connectivity index (χ2n) is 7.77. The van der Waals surface area contributed by atoms with Gasteiger partial charge in [0, 0.05) is 12.1 Å². The standard InChI is InChI=1S/C20H29NO3/c1-20(2,23)11-10-15-6-5-7-16(14-15)19(22)21-12-13-24-18-9-4-3-8-17(18)21/h5-7,14,17-18,23H,3-4,8-13H2,1-2H3/t17-,18-/m1/s1. The van der Waals surface area contributed by atoms with Crippen LogP contribution < -0.4 is 0 Å². The van der Waals surface area contributed by atoms with Crippen LogP contribution in [0, 0.1) is 0 Å². The number of morpholine rings is 1. The highest BCUT2D eigenvalue weighted by Crippen LogP contribution is 2.29. The first-order chi connectivity index (χ1) is 11.4. The first-order valence-corrected chi connectivity index (χ1v) is 9.18. The average molecular weight is 331 g/mol. The van der Waals surface area contributed by atoms with Crippen molar-refractivity contribution >= 4 is 5.91 Å². The van der Waals surface area contributed by atoms with Gasteiger partial charge in [0.25, 0.3) is 5.91 Å². The molecule has 2 aliphatic rings. The van der Waals surface area contributed by atoms with E-state index in [0.717, 1.165) is 30.4 Å². The van der Waals surface area contributed by atoms with E-state index >= 15 is 0 Å². The quantitative estimate of drug-likeness (QED) is 0.922. The predicted molar refractivity (Wildman–Crippen MR) is 94.1 cm³/mol. The summed E-state index contributed by atoms with van der Waals surface area (Å²) >= 11 is 0. The van der Waals surface area contributed by atoms with Crippen LogP contribution in [0.2, 0.25) is 0 Å². The monoisotopic (exact) mass is 331 g/mol. The van der Waals surface area contributed by atoms with E-state index in [1.807, 2.05) is 43.0 Å². The van der Waals surface area contributed by atoms with Crippen LogP contribution in [0.3, 0.4) is 0 Å². The molecule has 1 aliphatic heterocycles. The topological polar surface area (TPSA) is 49.8 Å². The normalized spacial score (nSPS) is 24.5. The Morgan fingerprint density at radius 2 is 2.12 bits per heavy atom. The summed E-state index contributed by atoms with van der Waals surface area (Å²) in [5.74, 6) is 0.125. The summed E-state index contributed by atoms with van der Waals surface area (Å²) in [6.45, 7) is 4.97. The Morgan fingerprint density at radius 3 is 2.92 bits per heavy atom. The summed E-state index contributed by atoms with van der Waals surface area (Å²) < 4.78 is 5.88. The van der Waals surface area contributed by atoms with Crippen LogP contribution in [0.15, 0.2) is 24.3 Å². The third-order valence-corrected chi connectivity index (χ3v) is 5.19. The van der Waals surface area contributed by atoms with Gasteiger partial charge in [0.1, 0.15) is 0 Å². The molecule has 0 radical (unpaired) electrons. The van der Waals surface area contributed by atoms with Gasteiger partial charge in [0.15, 0.2) is 0 Å². The summed E-state index contributed by atoms with van der Waals surface area (Å²) in [6, 6.07) is 8.11. The molecule has 1 heterocycles. The first kappa shape index (κ1) is 17.4. The minimum Gasteiger partial charge on any atom is -0.390 e. The van der Waals surface area contributed by atoms with Crippen LogP contribution in [-0.4, -0.2) is 46.8 Å². The van der Waals surface area contributed by atoms with Gasteiger partial charge in [-0.05, 0) is 57.2 Å². The number of aryl methyl sites for hydroxylation is 1. The molecule has 1 saturated heterocycles. The fourth-order valence-electron chi connectivity index (χ4n) is 3.82. The Bertz CT molecular complexity index is 576. The lowest BCUT2D eigenvalue weighted by atomic mass is 9.89. The van der Waals surface area contributed by atoms with E-state index in [-0.39, 0.29) is 18.1 Å². The number of amides is 1. The van der Waals surface area contributed by atoms with Gasteiger partial charge in [-0.3, -0.25) is 4.79 Å². The number of hydrogen-bond donors (Lipinski definition) is 1. The number of hydrogen-bond acceptors (Lipinski definition) is 3. The summed E-state index contributed by atoms with van der Waals surface area (Å²) in [5.41, 5.74) is 1.19. The molecule has 1 aromatic rings. The van der Waals surface area contributed by atoms with Crippen molar-refractivity contribution < 1.29 is 14.6 Å². The fourth-order valence-corrected chi connectivity index (χ4v) is 3.82. The molecule has 1 N–H and O–H groups in total. The lowest BCUT2D eigenvalue weighted by Crippen LogP contribution is -2.54. The van der Waals surface area contributed by atoms with E-state index in [1.54, 1.807) is 0 Å². The molecule has 3 rings (SSSR count). The lowest BCUT2D eigenvalue weighted by Gasteiger charge is -2.43. The van der Waals surface area contributed by atoms with Crippen LogP contribution in [0.4, 0.5) is 0 Å². The van der Waals surface area contributed by atoms with E-state index in [1.165, 1.54) is 12.8 Å². The second kappa shape index (κ2) is 7.24. The molecular weight excluding hydrogens is 302 g/mol. The van der Waals surface area contributed by atoms with Gasteiger partial charge in [0.05, 0.1) is 24.4 Å². The number of nitrogens with zero attached hydrogens (tertiary/aromatic N) is 1. The van der Waals surface area contributed by atoms with Crippen molar-refractivity contribution in [3.05, 3.63) is 35.4 Å². The summed E-state index contributed by atoms with van der Waals surface area (Å²) in [4.78, 5) is 15.1. The maximum absolute atomic E-state index is 13.0. The third kappa shape index (κ3) is 4.17. The van der Waals surface area contributed by atoms with Gasteiger partial charge in [-0.2, -0.15) is 0 Å². The SMILES string of the molecule is CC(C)(O)CCc1cccc(C(=O)N2CCO[C@@H]3CCCC[C@H]32)c1. The van der Waals surface area contributed by atoms with Crippen molar-refractivity contribution in [2.24, 2.45) is 0 Å². The fraction of sp³-hybridized carbons (Fsp3) is 0.650. The molecule has 0 aromatic heterocycles. The zero-order chi connectivity index (χ0) is 17.2. The van der Waals surface area contributed by atoms with Crippen LogP contribution in [0.1, 0.15) is 61.9 Å². The highest BCUT2D eigenvalue weighted by Gasteiger charge is 2.36. The van der Waals surface area contributed by atoms with Gasteiger partial charge in [-0.1, -0.05) is 25.0 Å². The Labute approximate surface area is 144 Å². The molecular formula is C20H29NO3. The Morgan fingerprint density at radius 1 is 1.33 bits per heavy atom. The van der Waals surface area contributed by atoms with Crippen molar-refractivity contribution in [1.29, 1.82) is 0 Å². The number of benzene rings is 1. The summed E-state index contributed by atoms with van der Waals surface area (Å²) in [7, 11) is 0. The third-order valence-electron chi connectivity index (χ3n) is 5.19. The number of fused-ring (bicyclic) bond motifs is 1. The van der Waals surface area contributed by atoms with Crippen molar-refractivity contribution in [3.8, 4) is 0 Å². The van der Waals surface area contributed by atoms with Crippen LogP contribution in [0.25, 0.3) is 0 Å². The minimum absolute atomic E-state index is 0.125. The molecule has 1 amide bonds. The minimum atomic E-state index is -0.681. The summed E-state index contributed by atoms with van der Waals surface area (Å²) in [5, 5.41) is 9.90. The molecule has 1 saturated carbocycles. The average Bonchev–Trinajstić information content (AvgIpc) is 2.58. The van der Waals surface area contributed by atoms with E-state index in [2.05, 4.69) is 0 Å². The molecule has 1 aliphatic carbocycles. The number of carbonyl (C=O) groups excluding carboxylic acids is 1. The highest BCUT2D eigenvalue weighted by atomic mass is 16.5. The van der Waals surface area contributed by atoms with Crippen molar-refractivity contribution in [3.63, 3.8) is 0 Å². The smallest absolute Gasteiger partial charge is 0.254 e. The summed E-state index contributed by atoms with van der Waals surface area (Å²) in [6.07, 6.45) is 6.19. The zero-order valence-electron chi connectivity index (χ0n) is 14.8. The molecule has 4 nitrogen and oxygen atoms in total. The van der Waals surface area contributed by atoms with E-state index in [0.29, 0.717) is 19.6 Å². The molecule has 2 atom stereocenters. The molecule has 1 aromatic carbocycles. The zero-order valence-corrected chi connectivity index (χ0v) is 14.8. The molecule has 132 valence electrons. The van der Waals surface area contributed by atoms with Gasteiger partial charge in [-0.25, -0.2) is 0 Å². The molecule has 2 fully saturated rings. The van der Waals surface area contributed by atoms with Gasteiger partial charge in [0.2, 0.25) is 0 Å². The van der Waals surface area contributed by atoms with Crippen molar-refractivity contribution in [2.45, 2.75) is 70.1 Å². The van der Waals surface area contributed by atoms with Gasteiger partial charge >= 0.3 is 0 Å². The number of aliphatic hydroxyl groups is 1. The Kier molecular flexibility index (Phi) is 5.26. The molecule has 0 bridgehead atoms. The van der Waals surface area contributed by atoms with Crippen molar-refractivity contribution in [1.82, 2.24) is 4.90 Å². The largest absolute Gasteiger partial charge is 0.390 e. The first-order valence-electron chi connectivity index (χ1n) is 9.18. The lowest BCUT2D eigenvalue weighted by molar-refractivity contribution is -0.0752. The maximum Gasteiger partial charge on any atom is 0.254 e. The Hall–Kier alpha value is -1.39. The second-order valence-corrected chi connectivity index (χ2v) is 7.77. The number of ether oxygens (including phenoxy) is 1. The van der Waals surface area contributed by atoms with Gasteiger partial charge in [-0.15, -0.1) is 0 Å². The molecule has 0 spiro atoms. The number of rotatable bonds is 4. The molecule has 24 heavy (non-hydrogen) atoms. The van der Waals surface area contributed by atoms with Crippen LogP contribution in [-0.2, 0) is 11.2 Å². The van der Waals surface area contributed by atoms with E-state index in [9.17, 15) is 9.90 Å². The van der Waals surface area contributed by atoms with Gasteiger partial charge < -0.3 is 14.7 Å². The maximum atomic E-state index is 13.0. The molecule has 4 heteroatoms. The van der Waals surface area contributed by atoms with E-state index in [4.69, 9.17) is 4.74 Å². The Balaban J connectivity index is 1.72.